The van der Waals surface area contributed by atoms with Crippen LogP contribution in [-0.2, 0) is 0 Å². The van der Waals surface area contributed by atoms with Crippen molar-refractivity contribution in [3.05, 3.63) is 176 Å². The summed E-state index contributed by atoms with van der Waals surface area (Å²) < 4.78 is 0. The van der Waals surface area contributed by atoms with E-state index < -0.39 is 0 Å². The maximum atomic E-state index is 5.01. The van der Waals surface area contributed by atoms with Gasteiger partial charge in [0.15, 0.2) is 5.82 Å². The molecule has 0 amide bonds. The van der Waals surface area contributed by atoms with Crippen LogP contribution >= 0.6 is 0 Å². The fraction of sp³-hybridized carbons (Fsp3) is 0. The van der Waals surface area contributed by atoms with E-state index in [1.807, 2.05) is 91.1 Å². The maximum Gasteiger partial charge on any atom is 0.160 e. The van der Waals surface area contributed by atoms with Crippen LogP contribution in [0.1, 0.15) is 0 Å². The summed E-state index contributed by atoms with van der Waals surface area (Å²) in [6.45, 7) is 0. The molecule has 8 rings (SSSR count). The van der Waals surface area contributed by atoms with E-state index in [4.69, 9.17) is 19.9 Å². The van der Waals surface area contributed by atoms with E-state index in [2.05, 4.69) is 83.8 Å². The molecular weight excluding hydrogens is 587 g/mol. The van der Waals surface area contributed by atoms with Crippen LogP contribution in [0.4, 0.5) is 0 Å². The zero-order valence-corrected chi connectivity index (χ0v) is 26.0. The van der Waals surface area contributed by atoms with Crippen LogP contribution in [0.5, 0.6) is 0 Å². The Labute approximate surface area is 279 Å². The normalized spacial score (nSPS) is 10.9. The second-order valence-electron chi connectivity index (χ2n) is 11.4. The number of rotatable bonds is 7. The molecule has 0 atom stereocenters. The summed E-state index contributed by atoms with van der Waals surface area (Å²) in [5, 5.41) is 0. The SMILES string of the molecule is c1ccc(-c2cc(-c3ccccn3)nc(-c3ccc(-c4cccc(-c5nc(-c6ccccc6)cc(-c6ccccc6)n5)c4)cn3)c2)cc1. The van der Waals surface area contributed by atoms with Crippen LogP contribution < -0.4 is 0 Å². The molecule has 0 fully saturated rings. The topological polar surface area (TPSA) is 64.5 Å². The van der Waals surface area contributed by atoms with E-state index in [1.165, 1.54) is 0 Å². The highest BCUT2D eigenvalue weighted by molar-refractivity contribution is 5.77. The van der Waals surface area contributed by atoms with Gasteiger partial charge in [0.25, 0.3) is 0 Å². The summed E-state index contributed by atoms with van der Waals surface area (Å²) in [6, 6.07) is 55.3. The number of aromatic nitrogens is 5. The lowest BCUT2D eigenvalue weighted by molar-refractivity contribution is 1.18. The first-order valence-electron chi connectivity index (χ1n) is 15.8. The minimum atomic E-state index is 0.672. The summed E-state index contributed by atoms with van der Waals surface area (Å²) in [7, 11) is 0. The Hall–Kier alpha value is -6.59. The molecule has 4 heterocycles. The average molecular weight is 616 g/mol. The number of nitrogens with zero attached hydrogens (tertiary/aromatic N) is 5. The third-order valence-corrected chi connectivity index (χ3v) is 8.21. The molecule has 0 bridgehead atoms. The van der Waals surface area contributed by atoms with Gasteiger partial charge >= 0.3 is 0 Å². The zero-order chi connectivity index (χ0) is 32.1. The summed E-state index contributed by atoms with van der Waals surface area (Å²) in [5.41, 5.74) is 12.2. The first kappa shape index (κ1) is 28.9. The van der Waals surface area contributed by atoms with E-state index in [0.29, 0.717) is 5.82 Å². The Morgan fingerprint density at radius 3 is 1.42 bits per heavy atom. The van der Waals surface area contributed by atoms with Gasteiger partial charge in [-0.3, -0.25) is 9.97 Å². The number of pyridine rings is 3. The lowest BCUT2D eigenvalue weighted by Crippen LogP contribution is -1.96. The molecule has 0 aliphatic carbocycles. The molecule has 5 nitrogen and oxygen atoms in total. The second-order valence-corrected chi connectivity index (χ2v) is 11.4. The molecule has 226 valence electrons. The van der Waals surface area contributed by atoms with Crippen LogP contribution in [0, 0.1) is 0 Å². The highest BCUT2D eigenvalue weighted by Crippen LogP contribution is 2.32. The van der Waals surface area contributed by atoms with Crippen molar-refractivity contribution in [2.75, 3.05) is 0 Å². The van der Waals surface area contributed by atoms with Gasteiger partial charge in [0.1, 0.15) is 0 Å². The quantitative estimate of drug-likeness (QED) is 0.178. The number of hydrogen-bond donors (Lipinski definition) is 0. The standard InChI is InChI=1S/C43H29N5/c1-4-13-30(14-5-1)36-26-41(37-21-10-11-24-44-37)46-42(27-36)38-23-22-35(29-45-38)33-19-12-20-34(25-33)43-47-39(31-15-6-2-7-16-31)28-40(48-43)32-17-8-3-9-18-32/h1-29H. The highest BCUT2D eigenvalue weighted by atomic mass is 14.9. The smallest absolute Gasteiger partial charge is 0.160 e. The third kappa shape index (κ3) is 6.13. The lowest BCUT2D eigenvalue weighted by atomic mass is 10.0. The first-order chi connectivity index (χ1) is 23.8. The Morgan fingerprint density at radius 2 is 0.833 bits per heavy atom. The highest BCUT2D eigenvalue weighted by Gasteiger charge is 2.13. The molecule has 0 saturated heterocycles. The van der Waals surface area contributed by atoms with Crippen molar-refractivity contribution in [3.63, 3.8) is 0 Å². The van der Waals surface area contributed by atoms with Gasteiger partial charge in [-0.2, -0.15) is 0 Å². The van der Waals surface area contributed by atoms with E-state index in [0.717, 1.165) is 73.1 Å². The van der Waals surface area contributed by atoms with E-state index in [9.17, 15) is 0 Å². The summed E-state index contributed by atoms with van der Waals surface area (Å²) in [6.07, 6.45) is 3.70. The predicted octanol–water partition coefficient (Wildman–Crippen LogP) is 10.3. The Bertz CT molecular complexity index is 2190. The molecule has 0 radical (unpaired) electrons. The average Bonchev–Trinajstić information content (AvgIpc) is 3.19. The van der Waals surface area contributed by atoms with Crippen molar-refractivity contribution in [1.29, 1.82) is 0 Å². The molecule has 0 spiro atoms. The maximum absolute atomic E-state index is 5.01. The third-order valence-electron chi connectivity index (χ3n) is 8.21. The molecule has 48 heavy (non-hydrogen) atoms. The fourth-order valence-electron chi connectivity index (χ4n) is 5.75. The molecule has 0 aliphatic heterocycles. The van der Waals surface area contributed by atoms with Gasteiger partial charge in [0.2, 0.25) is 0 Å². The zero-order valence-electron chi connectivity index (χ0n) is 26.0. The van der Waals surface area contributed by atoms with Crippen molar-refractivity contribution in [1.82, 2.24) is 24.9 Å². The molecule has 4 aromatic heterocycles. The minimum Gasteiger partial charge on any atom is -0.255 e. The first-order valence-corrected chi connectivity index (χ1v) is 15.8. The Kier molecular flexibility index (Phi) is 7.83. The van der Waals surface area contributed by atoms with Gasteiger partial charge in [-0.05, 0) is 59.2 Å². The summed E-state index contributed by atoms with van der Waals surface area (Å²) in [5.74, 6) is 0.672. The van der Waals surface area contributed by atoms with Gasteiger partial charge in [-0.25, -0.2) is 15.0 Å². The van der Waals surface area contributed by atoms with Crippen molar-refractivity contribution in [3.8, 4) is 78.9 Å². The fourth-order valence-corrected chi connectivity index (χ4v) is 5.75. The van der Waals surface area contributed by atoms with Gasteiger partial charge in [-0.15, -0.1) is 0 Å². The second kappa shape index (κ2) is 13.0. The van der Waals surface area contributed by atoms with Gasteiger partial charge in [-0.1, -0.05) is 121 Å². The van der Waals surface area contributed by atoms with Crippen molar-refractivity contribution < 1.29 is 0 Å². The molecule has 8 aromatic rings. The van der Waals surface area contributed by atoms with Gasteiger partial charge in [0, 0.05) is 34.6 Å². The molecular formula is C43H29N5. The van der Waals surface area contributed by atoms with Crippen molar-refractivity contribution in [2.24, 2.45) is 0 Å². The van der Waals surface area contributed by atoms with E-state index in [-0.39, 0.29) is 0 Å². The molecule has 5 heteroatoms. The summed E-state index contributed by atoms with van der Waals surface area (Å²) in [4.78, 5) is 24.5. The van der Waals surface area contributed by atoms with Crippen LogP contribution in [0.25, 0.3) is 78.9 Å². The largest absolute Gasteiger partial charge is 0.255 e. The molecule has 0 unspecified atom stereocenters. The Morgan fingerprint density at radius 1 is 0.271 bits per heavy atom. The summed E-state index contributed by atoms with van der Waals surface area (Å²) >= 11 is 0. The number of hydrogen-bond acceptors (Lipinski definition) is 5. The molecule has 0 N–H and O–H groups in total. The predicted molar refractivity (Wildman–Crippen MR) is 193 cm³/mol. The van der Waals surface area contributed by atoms with E-state index in [1.54, 1.807) is 6.20 Å². The van der Waals surface area contributed by atoms with Crippen LogP contribution in [-0.4, -0.2) is 24.9 Å². The Balaban J connectivity index is 1.16. The number of benzene rings is 4. The van der Waals surface area contributed by atoms with Crippen molar-refractivity contribution >= 4 is 0 Å². The van der Waals surface area contributed by atoms with Crippen LogP contribution in [0.15, 0.2) is 176 Å². The van der Waals surface area contributed by atoms with Gasteiger partial charge < -0.3 is 0 Å². The van der Waals surface area contributed by atoms with Gasteiger partial charge in [0.05, 0.1) is 34.2 Å². The molecule has 0 saturated carbocycles. The monoisotopic (exact) mass is 615 g/mol. The van der Waals surface area contributed by atoms with Crippen LogP contribution in [0.2, 0.25) is 0 Å². The minimum absolute atomic E-state index is 0.672. The van der Waals surface area contributed by atoms with E-state index >= 15 is 0 Å². The molecule has 0 aliphatic rings. The van der Waals surface area contributed by atoms with Crippen molar-refractivity contribution in [2.45, 2.75) is 0 Å². The molecule has 4 aromatic carbocycles. The van der Waals surface area contributed by atoms with Crippen LogP contribution in [0.3, 0.4) is 0 Å². The lowest BCUT2D eigenvalue weighted by Gasteiger charge is -2.11.